The molecule has 2 nitrogen and oxygen atoms in total. The molecule has 0 N–H and O–H groups in total. The van der Waals surface area contributed by atoms with Gasteiger partial charge in [0, 0.05) is 0 Å². The molecule has 0 bridgehead atoms. The molecule has 0 aliphatic heterocycles. The van der Waals surface area contributed by atoms with Crippen LogP contribution >= 0.6 is 31.6 Å². The molecule has 0 saturated heterocycles. The Balaban J connectivity index is 0. The molecule has 0 aromatic rings. The monoisotopic (exact) mass is 166 g/mol. The summed E-state index contributed by atoms with van der Waals surface area (Å²) in [5, 5.41) is 0. The maximum Gasteiger partial charge on any atom is 0.335 e. The molecule has 0 spiro atoms. The third kappa shape index (κ3) is 119. The maximum absolute atomic E-state index is 8.29. The SMILES string of the molecule is ClSCl.O=S=O. The summed E-state index contributed by atoms with van der Waals surface area (Å²) in [6.07, 6.45) is 0. The normalized spacial score (nSPS) is 5.00. The molecule has 0 aliphatic carbocycles. The summed E-state index contributed by atoms with van der Waals surface area (Å²) in [6.45, 7) is 0. The Hall–Kier alpha value is 0.750. The van der Waals surface area contributed by atoms with Crippen LogP contribution in [0.1, 0.15) is 0 Å². The van der Waals surface area contributed by atoms with Crippen molar-refractivity contribution in [3.8, 4) is 0 Å². The first-order valence-electron chi connectivity index (χ1n) is 0.642. The van der Waals surface area contributed by atoms with E-state index in [0.29, 0.717) is 10.2 Å². The van der Waals surface area contributed by atoms with E-state index in [1.807, 2.05) is 0 Å². The van der Waals surface area contributed by atoms with Crippen LogP contribution in [0.4, 0.5) is 0 Å². The molecular formula is Cl2O2S2. The van der Waals surface area contributed by atoms with Crippen molar-refractivity contribution in [2.45, 2.75) is 0 Å². The van der Waals surface area contributed by atoms with Gasteiger partial charge in [-0.3, -0.25) is 0 Å². The van der Waals surface area contributed by atoms with Gasteiger partial charge in [-0.05, 0) is 21.4 Å². The van der Waals surface area contributed by atoms with Gasteiger partial charge >= 0.3 is 11.6 Å². The average molecular weight is 167 g/mol. The van der Waals surface area contributed by atoms with Gasteiger partial charge in [-0.25, -0.2) is 0 Å². The van der Waals surface area contributed by atoms with Crippen LogP contribution in [0.5, 0.6) is 0 Å². The van der Waals surface area contributed by atoms with Crippen LogP contribution in [0, 0.1) is 0 Å². The summed E-state index contributed by atoms with van der Waals surface area (Å²) in [5.74, 6) is 0. The first-order valence-corrected chi connectivity index (χ1v) is 3.78. The summed E-state index contributed by atoms with van der Waals surface area (Å²) < 4.78 is 16.6. The average Bonchev–Trinajstić information content (AvgIpc) is 1.39. The predicted molar refractivity (Wildman–Crippen MR) is 28.2 cm³/mol. The van der Waals surface area contributed by atoms with Crippen LogP contribution in [0.2, 0.25) is 0 Å². The topological polar surface area (TPSA) is 34.1 Å². The van der Waals surface area contributed by atoms with E-state index >= 15 is 0 Å². The Kier molecular flexibility index (Phi) is 28.3. The van der Waals surface area contributed by atoms with Gasteiger partial charge in [-0.2, -0.15) is 8.42 Å². The van der Waals surface area contributed by atoms with Gasteiger partial charge in [-0.1, -0.05) is 0 Å². The first kappa shape index (κ1) is 9.89. The molecule has 0 aromatic heterocycles. The lowest BCUT2D eigenvalue weighted by Crippen LogP contribution is -1.18. The molecule has 0 aromatic carbocycles. The Morgan fingerprint density at radius 2 is 1.17 bits per heavy atom. The predicted octanol–water partition coefficient (Wildman–Crippen LogP) is 1.36. The number of hydrogen-bond acceptors (Lipinski definition) is 3. The Morgan fingerprint density at radius 3 is 1.17 bits per heavy atom. The van der Waals surface area contributed by atoms with E-state index in [0.717, 1.165) is 0 Å². The van der Waals surface area contributed by atoms with Gasteiger partial charge in [0.1, 0.15) is 0 Å². The fourth-order valence-electron chi connectivity index (χ4n) is 0. The molecule has 0 rings (SSSR count). The van der Waals surface area contributed by atoms with Crippen molar-refractivity contribution in [3.05, 3.63) is 0 Å². The van der Waals surface area contributed by atoms with Gasteiger partial charge in [0.25, 0.3) is 0 Å². The second-order valence-corrected chi connectivity index (χ2v) is 1.78. The molecule has 6 heteroatoms. The first-order chi connectivity index (χ1) is 2.83. The zero-order chi connectivity index (χ0) is 5.41. The highest BCUT2D eigenvalue weighted by Crippen LogP contribution is 2.08. The molecule has 0 heterocycles. The van der Waals surface area contributed by atoms with Gasteiger partial charge in [0.2, 0.25) is 0 Å². The van der Waals surface area contributed by atoms with Gasteiger partial charge < -0.3 is 0 Å². The summed E-state index contributed by atoms with van der Waals surface area (Å²) >= 11 is -0.750. The fraction of sp³-hybridized carbons (Fsp3) is 0. The highest BCUT2D eigenvalue weighted by atomic mass is 36.0. The van der Waals surface area contributed by atoms with Crippen molar-refractivity contribution in [3.63, 3.8) is 0 Å². The van der Waals surface area contributed by atoms with E-state index in [-0.39, 0.29) is 0 Å². The summed E-state index contributed by atoms with van der Waals surface area (Å²) in [5.41, 5.74) is 0. The van der Waals surface area contributed by atoms with E-state index in [9.17, 15) is 0 Å². The minimum atomic E-state index is -0.750. The minimum absolute atomic E-state index is 0.694. The van der Waals surface area contributed by atoms with Gasteiger partial charge in [-0.15, -0.1) is 0 Å². The van der Waals surface area contributed by atoms with Crippen LogP contribution in [-0.2, 0) is 11.6 Å². The van der Waals surface area contributed by atoms with Crippen LogP contribution in [0.25, 0.3) is 0 Å². The van der Waals surface area contributed by atoms with Crippen molar-refractivity contribution in [2.75, 3.05) is 0 Å². The Labute approximate surface area is 51.8 Å². The van der Waals surface area contributed by atoms with Crippen LogP contribution in [-0.4, -0.2) is 8.42 Å². The fourth-order valence-corrected chi connectivity index (χ4v) is 0. The van der Waals surface area contributed by atoms with Gasteiger partial charge in [0.15, 0.2) is 0 Å². The second-order valence-electron chi connectivity index (χ2n) is 0.126. The molecule has 0 radical (unpaired) electrons. The summed E-state index contributed by atoms with van der Waals surface area (Å²) in [7, 11) is 10.1. The second kappa shape index (κ2) is 17.2. The Bertz CT molecular complexity index is 38.8. The van der Waals surface area contributed by atoms with Crippen molar-refractivity contribution < 1.29 is 8.42 Å². The van der Waals surface area contributed by atoms with Crippen molar-refractivity contribution in [1.29, 1.82) is 0 Å². The van der Waals surface area contributed by atoms with Crippen LogP contribution < -0.4 is 0 Å². The van der Waals surface area contributed by atoms with Crippen molar-refractivity contribution >= 4 is 43.1 Å². The minimum Gasteiger partial charge on any atom is -0.168 e. The Morgan fingerprint density at radius 1 is 1.17 bits per heavy atom. The van der Waals surface area contributed by atoms with E-state index in [1.165, 1.54) is 0 Å². The molecule has 0 fully saturated rings. The number of hydrogen-bond donors (Lipinski definition) is 0. The molecule has 0 saturated carbocycles. The quantitative estimate of drug-likeness (QED) is 0.546. The summed E-state index contributed by atoms with van der Waals surface area (Å²) in [4.78, 5) is 0. The van der Waals surface area contributed by atoms with Crippen molar-refractivity contribution in [2.24, 2.45) is 0 Å². The van der Waals surface area contributed by atoms with Crippen LogP contribution in [0.3, 0.4) is 0 Å². The summed E-state index contributed by atoms with van der Waals surface area (Å²) in [6, 6.07) is 0. The van der Waals surface area contributed by atoms with Gasteiger partial charge in [0.05, 0.1) is 10.2 Å². The van der Waals surface area contributed by atoms with E-state index < -0.39 is 11.6 Å². The van der Waals surface area contributed by atoms with Crippen LogP contribution in [0.15, 0.2) is 0 Å². The lowest BCUT2D eigenvalue weighted by Gasteiger charge is -1.40. The number of rotatable bonds is 0. The molecular weight excluding hydrogens is 167 g/mol. The third-order valence-corrected chi connectivity index (χ3v) is 0. The maximum atomic E-state index is 8.29. The smallest absolute Gasteiger partial charge is 0.168 e. The number of halogens is 2. The van der Waals surface area contributed by atoms with E-state index in [4.69, 9.17) is 8.42 Å². The zero-order valence-corrected chi connectivity index (χ0v) is 5.53. The molecule has 0 unspecified atom stereocenters. The standard InChI is InChI=1S/Cl2S.O2S/c2*1-3-2. The third-order valence-electron chi connectivity index (χ3n) is 0. The largest absolute Gasteiger partial charge is 0.335 e. The highest BCUT2D eigenvalue weighted by Gasteiger charge is 1.43. The highest BCUT2D eigenvalue weighted by molar-refractivity contribution is 8.38. The lowest BCUT2D eigenvalue weighted by molar-refractivity contribution is 0.630. The molecule has 0 aliphatic rings. The van der Waals surface area contributed by atoms with E-state index in [2.05, 4.69) is 21.4 Å². The molecule has 0 amide bonds. The molecule has 6 heavy (non-hydrogen) atoms. The van der Waals surface area contributed by atoms with Crippen molar-refractivity contribution in [1.82, 2.24) is 0 Å². The molecule has 38 valence electrons. The lowest BCUT2D eigenvalue weighted by atomic mass is 15.9. The van der Waals surface area contributed by atoms with E-state index in [1.54, 1.807) is 0 Å². The zero-order valence-electron chi connectivity index (χ0n) is 2.39. The molecule has 0 atom stereocenters.